The highest BCUT2D eigenvalue weighted by Gasteiger charge is 2.19. The predicted molar refractivity (Wildman–Crippen MR) is 87.3 cm³/mol. The molecule has 1 aromatic heterocycles. The van der Waals surface area contributed by atoms with Crippen LogP contribution in [0.4, 0.5) is 10.5 Å². The first-order valence-electron chi connectivity index (χ1n) is 7.31. The Morgan fingerprint density at radius 1 is 1.14 bits per heavy atom. The van der Waals surface area contributed by atoms with Gasteiger partial charge in [-0.05, 0) is 56.2 Å². The van der Waals surface area contributed by atoms with Crippen molar-refractivity contribution >= 4 is 22.8 Å². The number of hydrogen-bond acceptors (Lipinski definition) is 3. The van der Waals surface area contributed by atoms with Gasteiger partial charge in [0.05, 0.1) is 5.52 Å². The summed E-state index contributed by atoms with van der Waals surface area (Å²) in [6.07, 6.45) is 0. The van der Waals surface area contributed by atoms with Crippen LogP contribution in [-0.2, 0) is 0 Å². The van der Waals surface area contributed by atoms with E-state index in [1.165, 1.54) is 4.68 Å². The number of aromatic nitrogens is 3. The lowest BCUT2D eigenvalue weighted by Crippen LogP contribution is -2.35. The molecule has 0 aliphatic heterocycles. The maximum absolute atomic E-state index is 12.8. The van der Waals surface area contributed by atoms with Gasteiger partial charge in [-0.2, -0.15) is 4.68 Å². The molecule has 0 spiro atoms. The van der Waals surface area contributed by atoms with Crippen molar-refractivity contribution in [3.05, 3.63) is 53.6 Å². The Kier molecular flexibility index (Phi) is 3.63. The average molecular weight is 294 g/mol. The van der Waals surface area contributed by atoms with Crippen LogP contribution >= 0.6 is 0 Å². The van der Waals surface area contributed by atoms with Crippen molar-refractivity contribution in [2.24, 2.45) is 0 Å². The third-order valence-corrected chi connectivity index (χ3v) is 3.86. The monoisotopic (exact) mass is 294 g/mol. The number of amides is 1. The molecule has 1 amide bonds. The Morgan fingerprint density at radius 2 is 1.82 bits per heavy atom. The minimum absolute atomic E-state index is 0.195. The molecule has 0 saturated heterocycles. The highest BCUT2D eigenvalue weighted by Crippen LogP contribution is 2.20. The normalized spacial score (nSPS) is 10.9. The molecule has 0 aliphatic carbocycles. The van der Waals surface area contributed by atoms with E-state index >= 15 is 0 Å². The molecule has 0 N–H and O–H groups in total. The second-order valence-electron chi connectivity index (χ2n) is 5.29. The third kappa shape index (κ3) is 2.35. The van der Waals surface area contributed by atoms with Crippen molar-refractivity contribution in [2.45, 2.75) is 20.8 Å². The molecule has 0 bridgehead atoms. The van der Waals surface area contributed by atoms with E-state index < -0.39 is 0 Å². The van der Waals surface area contributed by atoms with E-state index in [-0.39, 0.29) is 6.03 Å². The standard InChI is InChI=1S/C17H18N4O/c1-4-20(14-8-6-5-7-9-14)17(22)21-16-11-13(3)12(2)10-15(16)18-19-21/h5-11H,4H2,1-3H3. The number of carbonyl (C=O) groups is 1. The molecule has 0 radical (unpaired) electrons. The number of para-hydroxylation sites is 1. The first-order valence-corrected chi connectivity index (χ1v) is 7.31. The van der Waals surface area contributed by atoms with E-state index in [9.17, 15) is 4.79 Å². The number of nitrogens with zero attached hydrogens (tertiary/aromatic N) is 4. The molecule has 0 aliphatic rings. The van der Waals surface area contributed by atoms with Gasteiger partial charge in [-0.1, -0.05) is 23.4 Å². The Labute approximate surface area is 129 Å². The summed E-state index contributed by atoms with van der Waals surface area (Å²) in [5.74, 6) is 0. The minimum Gasteiger partial charge on any atom is -0.293 e. The lowest BCUT2D eigenvalue weighted by molar-refractivity contribution is 0.245. The predicted octanol–water partition coefficient (Wildman–Crippen LogP) is 3.54. The Hall–Kier alpha value is -2.69. The van der Waals surface area contributed by atoms with E-state index in [0.29, 0.717) is 6.54 Å². The van der Waals surface area contributed by atoms with Gasteiger partial charge in [-0.25, -0.2) is 4.79 Å². The number of benzene rings is 2. The quantitative estimate of drug-likeness (QED) is 0.726. The fraction of sp³-hybridized carbons (Fsp3) is 0.235. The van der Waals surface area contributed by atoms with Crippen molar-refractivity contribution in [3.63, 3.8) is 0 Å². The smallest absolute Gasteiger partial charge is 0.293 e. The summed E-state index contributed by atoms with van der Waals surface area (Å²) < 4.78 is 1.37. The fourth-order valence-electron chi connectivity index (χ4n) is 2.47. The highest BCUT2D eigenvalue weighted by molar-refractivity contribution is 5.98. The number of anilines is 1. The summed E-state index contributed by atoms with van der Waals surface area (Å²) in [4.78, 5) is 14.5. The zero-order chi connectivity index (χ0) is 15.7. The molecule has 3 aromatic rings. The van der Waals surface area contributed by atoms with Gasteiger partial charge in [0.1, 0.15) is 5.52 Å². The van der Waals surface area contributed by atoms with Crippen LogP contribution in [0.1, 0.15) is 18.1 Å². The molecule has 0 unspecified atom stereocenters. The topological polar surface area (TPSA) is 51.0 Å². The van der Waals surface area contributed by atoms with Crippen molar-refractivity contribution in [1.29, 1.82) is 0 Å². The molecular formula is C17H18N4O. The van der Waals surface area contributed by atoms with E-state index in [0.717, 1.165) is 27.8 Å². The summed E-state index contributed by atoms with van der Waals surface area (Å²) in [6.45, 7) is 6.55. The van der Waals surface area contributed by atoms with E-state index in [1.807, 2.05) is 63.2 Å². The molecule has 1 heterocycles. The molecule has 22 heavy (non-hydrogen) atoms. The average Bonchev–Trinajstić information content (AvgIpc) is 2.92. The first-order chi connectivity index (χ1) is 10.6. The van der Waals surface area contributed by atoms with Gasteiger partial charge in [-0.15, -0.1) is 5.10 Å². The van der Waals surface area contributed by atoms with Crippen LogP contribution in [0.15, 0.2) is 42.5 Å². The molecule has 112 valence electrons. The van der Waals surface area contributed by atoms with Crippen LogP contribution in [0.25, 0.3) is 11.0 Å². The number of hydrogen-bond donors (Lipinski definition) is 0. The van der Waals surface area contributed by atoms with Crippen LogP contribution in [0.3, 0.4) is 0 Å². The van der Waals surface area contributed by atoms with Gasteiger partial charge < -0.3 is 0 Å². The molecule has 0 saturated carbocycles. The van der Waals surface area contributed by atoms with Crippen molar-refractivity contribution < 1.29 is 4.79 Å². The molecule has 5 heteroatoms. The number of fused-ring (bicyclic) bond motifs is 1. The Morgan fingerprint density at radius 3 is 2.50 bits per heavy atom. The first kappa shape index (κ1) is 14.3. The van der Waals surface area contributed by atoms with Gasteiger partial charge in [0.25, 0.3) is 0 Å². The summed E-state index contributed by atoms with van der Waals surface area (Å²) in [6, 6.07) is 13.3. The van der Waals surface area contributed by atoms with E-state index in [2.05, 4.69) is 10.3 Å². The number of carbonyl (C=O) groups excluding carboxylic acids is 1. The van der Waals surface area contributed by atoms with Crippen molar-refractivity contribution in [1.82, 2.24) is 15.0 Å². The molecule has 2 aromatic carbocycles. The van der Waals surface area contributed by atoms with Gasteiger partial charge in [0.15, 0.2) is 0 Å². The van der Waals surface area contributed by atoms with Gasteiger partial charge in [0, 0.05) is 12.2 Å². The molecule has 5 nitrogen and oxygen atoms in total. The Bertz CT molecular complexity index is 823. The summed E-state index contributed by atoms with van der Waals surface area (Å²) >= 11 is 0. The maximum atomic E-state index is 12.8. The fourth-order valence-corrected chi connectivity index (χ4v) is 2.47. The van der Waals surface area contributed by atoms with Gasteiger partial charge in [-0.3, -0.25) is 4.90 Å². The number of rotatable bonds is 2. The Balaban J connectivity index is 2.06. The second-order valence-corrected chi connectivity index (χ2v) is 5.29. The highest BCUT2D eigenvalue weighted by atomic mass is 16.2. The zero-order valence-corrected chi connectivity index (χ0v) is 12.9. The van der Waals surface area contributed by atoms with Crippen molar-refractivity contribution in [2.75, 3.05) is 11.4 Å². The molecule has 3 rings (SSSR count). The largest absolute Gasteiger partial charge is 0.351 e. The molecule has 0 fully saturated rings. The zero-order valence-electron chi connectivity index (χ0n) is 12.9. The van der Waals surface area contributed by atoms with Gasteiger partial charge in [0.2, 0.25) is 0 Å². The third-order valence-electron chi connectivity index (χ3n) is 3.86. The van der Waals surface area contributed by atoms with E-state index in [1.54, 1.807) is 4.90 Å². The summed E-state index contributed by atoms with van der Waals surface area (Å²) in [7, 11) is 0. The molecular weight excluding hydrogens is 276 g/mol. The van der Waals surface area contributed by atoms with Gasteiger partial charge >= 0.3 is 6.03 Å². The maximum Gasteiger partial charge on any atom is 0.351 e. The summed E-state index contributed by atoms with van der Waals surface area (Å²) in [5, 5.41) is 8.16. The SMILES string of the molecule is CCN(C(=O)n1nnc2cc(C)c(C)cc21)c1ccccc1. The number of aryl methyl sites for hydroxylation is 2. The lowest BCUT2D eigenvalue weighted by Gasteiger charge is -2.20. The lowest BCUT2D eigenvalue weighted by atomic mass is 10.1. The van der Waals surface area contributed by atoms with Crippen LogP contribution in [0, 0.1) is 13.8 Å². The summed E-state index contributed by atoms with van der Waals surface area (Å²) in [5.41, 5.74) is 4.58. The van der Waals surface area contributed by atoms with Crippen LogP contribution < -0.4 is 4.90 Å². The minimum atomic E-state index is -0.195. The van der Waals surface area contributed by atoms with Crippen molar-refractivity contribution in [3.8, 4) is 0 Å². The molecule has 0 atom stereocenters. The van der Waals surface area contributed by atoms with Crippen LogP contribution in [0.5, 0.6) is 0 Å². The van der Waals surface area contributed by atoms with Crippen LogP contribution in [-0.4, -0.2) is 27.6 Å². The second kappa shape index (κ2) is 5.60. The van der Waals surface area contributed by atoms with Crippen LogP contribution in [0.2, 0.25) is 0 Å². The van der Waals surface area contributed by atoms with E-state index in [4.69, 9.17) is 0 Å².